The molecule has 1 aromatic carbocycles. The molecule has 0 amide bonds. The highest BCUT2D eigenvalue weighted by Gasteiger charge is 2.22. The molecule has 0 radical (unpaired) electrons. The van der Waals surface area contributed by atoms with E-state index >= 15 is 0 Å². The number of piperazine rings is 1. The third kappa shape index (κ3) is 2.98. The van der Waals surface area contributed by atoms with Gasteiger partial charge in [0.05, 0.1) is 4.92 Å². The second kappa shape index (κ2) is 5.65. The van der Waals surface area contributed by atoms with Crippen LogP contribution in [0.2, 0.25) is 5.02 Å². The first-order valence-corrected chi connectivity index (χ1v) is 6.33. The van der Waals surface area contributed by atoms with Crippen LogP contribution in [-0.4, -0.2) is 35.5 Å². The summed E-state index contributed by atoms with van der Waals surface area (Å²) < 4.78 is 0. The normalized spacial score (nSPS) is 20.9. The van der Waals surface area contributed by atoms with E-state index in [9.17, 15) is 10.1 Å². The number of benzene rings is 1. The maximum atomic E-state index is 11.0. The van der Waals surface area contributed by atoms with E-state index in [4.69, 9.17) is 11.6 Å². The molecular formula is C12H16ClN3O2. The topological polar surface area (TPSA) is 58.4 Å². The lowest BCUT2D eigenvalue weighted by atomic mass is 10.1. The Bertz CT molecular complexity index is 453. The van der Waals surface area contributed by atoms with Crippen LogP contribution in [0.25, 0.3) is 0 Å². The van der Waals surface area contributed by atoms with Crippen molar-refractivity contribution in [3.63, 3.8) is 0 Å². The molecule has 1 unspecified atom stereocenters. The Labute approximate surface area is 111 Å². The fourth-order valence-electron chi connectivity index (χ4n) is 2.20. The van der Waals surface area contributed by atoms with E-state index < -0.39 is 0 Å². The molecule has 0 aromatic heterocycles. The molecule has 0 aliphatic carbocycles. The SMILES string of the molecule is CC1CNCCN1Cc1cc(Cl)ccc1[N+](=O)[O-]. The zero-order valence-electron chi connectivity index (χ0n) is 10.2. The summed E-state index contributed by atoms with van der Waals surface area (Å²) in [6.45, 7) is 5.40. The van der Waals surface area contributed by atoms with E-state index in [0.717, 1.165) is 19.6 Å². The molecule has 18 heavy (non-hydrogen) atoms. The fraction of sp³-hybridized carbons (Fsp3) is 0.500. The maximum Gasteiger partial charge on any atom is 0.273 e. The number of hydrogen-bond donors (Lipinski definition) is 1. The van der Waals surface area contributed by atoms with E-state index in [1.54, 1.807) is 12.1 Å². The van der Waals surface area contributed by atoms with Gasteiger partial charge in [-0.25, -0.2) is 0 Å². The molecule has 0 saturated carbocycles. The third-order valence-electron chi connectivity index (χ3n) is 3.25. The first kappa shape index (κ1) is 13.3. The first-order valence-electron chi connectivity index (χ1n) is 5.95. The van der Waals surface area contributed by atoms with Gasteiger partial charge in [0.25, 0.3) is 5.69 Å². The van der Waals surface area contributed by atoms with E-state index in [1.165, 1.54) is 6.07 Å². The molecule has 1 aromatic rings. The number of nitro benzene ring substituents is 1. The van der Waals surface area contributed by atoms with Crippen molar-refractivity contribution < 1.29 is 4.92 Å². The van der Waals surface area contributed by atoms with Gasteiger partial charge in [-0.2, -0.15) is 0 Å². The van der Waals surface area contributed by atoms with Crippen LogP contribution in [0.5, 0.6) is 0 Å². The lowest BCUT2D eigenvalue weighted by Gasteiger charge is -2.33. The van der Waals surface area contributed by atoms with Crippen molar-refractivity contribution >= 4 is 17.3 Å². The van der Waals surface area contributed by atoms with Gasteiger partial charge in [-0.1, -0.05) is 11.6 Å². The molecule has 1 N–H and O–H groups in total. The van der Waals surface area contributed by atoms with E-state index in [-0.39, 0.29) is 10.6 Å². The van der Waals surface area contributed by atoms with Crippen molar-refractivity contribution in [1.29, 1.82) is 0 Å². The highest BCUT2D eigenvalue weighted by molar-refractivity contribution is 6.30. The minimum atomic E-state index is -0.349. The van der Waals surface area contributed by atoms with Gasteiger partial charge in [-0.05, 0) is 19.1 Å². The van der Waals surface area contributed by atoms with Crippen molar-refractivity contribution in [2.24, 2.45) is 0 Å². The number of nitrogens with zero attached hydrogens (tertiary/aromatic N) is 2. The zero-order valence-corrected chi connectivity index (χ0v) is 11.0. The molecule has 1 heterocycles. The lowest BCUT2D eigenvalue weighted by Crippen LogP contribution is -2.49. The van der Waals surface area contributed by atoms with Crippen LogP contribution in [0.15, 0.2) is 18.2 Å². The summed E-state index contributed by atoms with van der Waals surface area (Å²) in [7, 11) is 0. The molecule has 0 bridgehead atoms. The van der Waals surface area contributed by atoms with Gasteiger partial charge in [0, 0.05) is 48.9 Å². The predicted molar refractivity (Wildman–Crippen MR) is 70.8 cm³/mol. The summed E-state index contributed by atoms with van der Waals surface area (Å²) in [5, 5.41) is 14.8. The first-order chi connectivity index (χ1) is 8.58. The molecule has 1 fully saturated rings. The van der Waals surface area contributed by atoms with Gasteiger partial charge in [0.15, 0.2) is 0 Å². The van der Waals surface area contributed by atoms with Crippen molar-refractivity contribution in [3.8, 4) is 0 Å². The van der Waals surface area contributed by atoms with Gasteiger partial charge in [-0.15, -0.1) is 0 Å². The summed E-state index contributed by atoms with van der Waals surface area (Å²) in [6, 6.07) is 5.10. The van der Waals surface area contributed by atoms with Crippen molar-refractivity contribution in [3.05, 3.63) is 38.9 Å². The molecule has 1 atom stereocenters. The minimum absolute atomic E-state index is 0.144. The summed E-state index contributed by atoms with van der Waals surface area (Å²) >= 11 is 5.92. The zero-order chi connectivity index (χ0) is 13.1. The molecule has 6 heteroatoms. The Kier molecular flexibility index (Phi) is 4.16. The molecule has 1 aliphatic rings. The van der Waals surface area contributed by atoms with Crippen LogP contribution < -0.4 is 5.32 Å². The number of nitro groups is 1. The van der Waals surface area contributed by atoms with Crippen LogP contribution in [-0.2, 0) is 6.54 Å². The van der Waals surface area contributed by atoms with Crippen molar-refractivity contribution in [2.75, 3.05) is 19.6 Å². The standard InChI is InChI=1S/C12H16ClN3O2/c1-9-7-14-4-5-15(9)8-10-6-11(13)2-3-12(10)16(17)18/h2-3,6,9,14H,4-5,7-8H2,1H3. The van der Waals surface area contributed by atoms with Gasteiger partial charge >= 0.3 is 0 Å². The molecule has 0 spiro atoms. The molecular weight excluding hydrogens is 254 g/mol. The highest BCUT2D eigenvalue weighted by Crippen LogP contribution is 2.24. The third-order valence-corrected chi connectivity index (χ3v) is 3.49. The largest absolute Gasteiger partial charge is 0.314 e. The molecule has 1 saturated heterocycles. The summed E-state index contributed by atoms with van der Waals surface area (Å²) in [4.78, 5) is 12.9. The Morgan fingerprint density at radius 1 is 1.61 bits per heavy atom. The Morgan fingerprint density at radius 2 is 2.39 bits per heavy atom. The van der Waals surface area contributed by atoms with Crippen LogP contribution in [0.1, 0.15) is 12.5 Å². The van der Waals surface area contributed by atoms with Crippen LogP contribution in [0, 0.1) is 10.1 Å². The molecule has 98 valence electrons. The average Bonchev–Trinajstić information content (AvgIpc) is 2.32. The summed E-state index contributed by atoms with van der Waals surface area (Å²) in [6.07, 6.45) is 0. The monoisotopic (exact) mass is 269 g/mol. The number of hydrogen-bond acceptors (Lipinski definition) is 4. The predicted octanol–water partition coefficient (Wildman–Crippen LogP) is 2.04. The smallest absolute Gasteiger partial charge is 0.273 e. The van der Waals surface area contributed by atoms with E-state index in [2.05, 4.69) is 17.1 Å². The summed E-state index contributed by atoms with van der Waals surface area (Å²) in [5.74, 6) is 0. The Balaban J connectivity index is 2.21. The Hall–Kier alpha value is -1.17. The van der Waals surface area contributed by atoms with Crippen LogP contribution in [0.3, 0.4) is 0 Å². The number of rotatable bonds is 3. The van der Waals surface area contributed by atoms with Crippen LogP contribution >= 0.6 is 11.6 Å². The fourth-order valence-corrected chi connectivity index (χ4v) is 2.39. The van der Waals surface area contributed by atoms with E-state index in [0.29, 0.717) is 23.2 Å². The van der Waals surface area contributed by atoms with Gasteiger partial charge < -0.3 is 5.32 Å². The highest BCUT2D eigenvalue weighted by atomic mass is 35.5. The van der Waals surface area contributed by atoms with Crippen LogP contribution in [0.4, 0.5) is 5.69 Å². The number of halogens is 1. The molecule has 5 nitrogen and oxygen atoms in total. The minimum Gasteiger partial charge on any atom is -0.314 e. The molecule has 1 aliphatic heterocycles. The van der Waals surface area contributed by atoms with Gasteiger partial charge in [0.1, 0.15) is 0 Å². The summed E-state index contributed by atoms with van der Waals surface area (Å²) in [5.41, 5.74) is 0.825. The van der Waals surface area contributed by atoms with Gasteiger partial charge in [-0.3, -0.25) is 15.0 Å². The molecule has 2 rings (SSSR count). The Morgan fingerprint density at radius 3 is 3.06 bits per heavy atom. The lowest BCUT2D eigenvalue weighted by molar-refractivity contribution is -0.385. The number of nitrogens with one attached hydrogen (secondary N) is 1. The quantitative estimate of drug-likeness (QED) is 0.674. The van der Waals surface area contributed by atoms with Crippen molar-refractivity contribution in [2.45, 2.75) is 19.5 Å². The second-order valence-electron chi connectivity index (χ2n) is 4.55. The average molecular weight is 270 g/mol. The maximum absolute atomic E-state index is 11.0. The van der Waals surface area contributed by atoms with E-state index in [1.807, 2.05) is 0 Å². The second-order valence-corrected chi connectivity index (χ2v) is 4.99. The van der Waals surface area contributed by atoms with Gasteiger partial charge in [0.2, 0.25) is 0 Å². The van der Waals surface area contributed by atoms with Crippen molar-refractivity contribution in [1.82, 2.24) is 10.2 Å².